The van der Waals surface area contributed by atoms with Crippen molar-refractivity contribution in [1.82, 2.24) is 4.57 Å². The molecule has 0 saturated heterocycles. The maximum absolute atomic E-state index is 13.7. The van der Waals surface area contributed by atoms with Crippen molar-refractivity contribution >= 4 is 45.4 Å². The zero-order valence-corrected chi connectivity index (χ0v) is 18.5. The van der Waals surface area contributed by atoms with Crippen LogP contribution in [0.3, 0.4) is 0 Å². The van der Waals surface area contributed by atoms with E-state index in [2.05, 4.69) is 17.2 Å². The van der Waals surface area contributed by atoms with Gasteiger partial charge in [0, 0.05) is 10.8 Å². The van der Waals surface area contributed by atoms with Crippen LogP contribution in [0.2, 0.25) is 0 Å². The van der Waals surface area contributed by atoms with E-state index in [-0.39, 0.29) is 11.8 Å². The lowest BCUT2D eigenvalue weighted by Gasteiger charge is -2.15. The molecular formula is C29H20N2O3. The highest BCUT2D eigenvalue weighted by Gasteiger charge is 2.39. The number of hydrogen-bond donors (Lipinski definition) is 0. The number of benzene rings is 4. The van der Waals surface area contributed by atoms with Crippen molar-refractivity contribution in [1.29, 1.82) is 0 Å². The van der Waals surface area contributed by atoms with Crippen molar-refractivity contribution in [2.75, 3.05) is 12.0 Å². The molecule has 5 aromatic rings. The van der Waals surface area contributed by atoms with Crippen molar-refractivity contribution in [2.24, 2.45) is 0 Å². The molecule has 0 fully saturated rings. The molecule has 1 aliphatic rings. The quantitative estimate of drug-likeness (QED) is 0.309. The van der Waals surface area contributed by atoms with Gasteiger partial charge >= 0.3 is 0 Å². The molecule has 2 heterocycles. The van der Waals surface area contributed by atoms with E-state index in [9.17, 15) is 9.59 Å². The maximum atomic E-state index is 13.7. The van der Waals surface area contributed by atoms with Crippen LogP contribution in [0.1, 0.15) is 26.3 Å². The number of methoxy groups -OCH3 is 1. The molecule has 0 spiro atoms. The standard InChI is InChI=1S/C29H20N2O3/c1-3-18-11-13-19(14-12-18)30-28(32)22-8-6-10-26(27(22)29(30)33)31-24-9-5-4-7-21(24)23-17-20(34-2)15-16-25(23)31/h3-17H,1H2,2H3. The number of carbonyl (C=O) groups is 2. The first-order valence-electron chi connectivity index (χ1n) is 10.9. The first kappa shape index (κ1) is 20.0. The number of carbonyl (C=O) groups excluding carboxylic acids is 2. The highest BCUT2D eigenvalue weighted by atomic mass is 16.5. The normalized spacial score (nSPS) is 13.0. The average molecular weight is 444 g/mol. The predicted octanol–water partition coefficient (Wildman–Crippen LogP) is 6.24. The Balaban J connectivity index is 1.60. The molecule has 1 aliphatic heterocycles. The summed E-state index contributed by atoms with van der Waals surface area (Å²) >= 11 is 0. The topological polar surface area (TPSA) is 51.5 Å². The minimum absolute atomic E-state index is 0.323. The van der Waals surface area contributed by atoms with Crippen molar-refractivity contribution in [3.05, 3.63) is 108 Å². The fourth-order valence-electron chi connectivity index (χ4n) is 4.79. The molecular weight excluding hydrogens is 424 g/mol. The minimum Gasteiger partial charge on any atom is -0.497 e. The summed E-state index contributed by atoms with van der Waals surface area (Å²) in [4.78, 5) is 28.3. The second-order valence-electron chi connectivity index (χ2n) is 8.18. The van der Waals surface area contributed by atoms with Crippen LogP contribution in [-0.2, 0) is 0 Å². The zero-order chi connectivity index (χ0) is 23.4. The Kier molecular flexibility index (Phi) is 4.39. The minimum atomic E-state index is -0.332. The van der Waals surface area contributed by atoms with Crippen molar-refractivity contribution in [3.8, 4) is 11.4 Å². The van der Waals surface area contributed by atoms with Gasteiger partial charge in [-0.2, -0.15) is 0 Å². The number of aromatic nitrogens is 1. The average Bonchev–Trinajstić information content (AvgIpc) is 3.35. The van der Waals surface area contributed by atoms with E-state index in [4.69, 9.17) is 4.74 Å². The van der Waals surface area contributed by atoms with E-state index in [1.165, 1.54) is 4.90 Å². The third kappa shape index (κ3) is 2.74. The number of para-hydroxylation sites is 1. The molecule has 6 rings (SSSR count). The van der Waals surface area contributed by atoms with Crippen molar-refractivity contribution < 1.29 is 14.3 Å². The van der Waals surface area contributed by atoms with Gasteiger partial charge < -0.3 is 9.30 Å². The molecule has 164 valence electrons. The van der Waals surface area contributed by atoms with Gasteiger partial charge in [0.1, 0.15) is 5.75 Å². The van der Waals surface area contributed by atoms with Crippen LogP contribution in [0, 0.1) is 0 Å². The van der Waals surface area contributed by atoms with Gasteiger partial charge in [-0.3, -0.25) is 9.59 Å². The van der Waals surface area contributed by atoms with Crippen LogP contribution >= 0.6 is 0 Å². The van der Waals surface area contributed by atoms with Crippen LogP contribution < -0.4 is 9.64 Å². The molecule has 4 aromatic carbocycles. The van der Waals surface area contributed by atoms with Crippen LogP contribution in [-0.4, -0.2) is 23.5 Å². The van der Waals surface area contributed by atoms with Gasteiger partial charge in [0.05, 0.1) is 40.6 Å². The number of ether oxygens (including phenoxy) is 1. The van der Waals surface area contributed by atoms with Gasteiger partial charge in [-0.1, -0.05) is 49.1 Å². The van der Waals surface area contributed by atoms with Gasteiger partial charge in [0.15, 0.2) is 0 Å². The summed E-state index contributed by atoms with van der Waals surface area (Å²) in [6.07, 6.45) is 1.72. The largest absolute Gasteiger partial charge is 0.497 e. The Labute approximate surface area is 196 Å². The molecule has 0 unspecified atom stereocenters. The highest BCUT2D eigenvalue weighted by molar-refractivity contribution is 6.35. The van der Waals surface area contributed by atoms with Gasteiger partial charge in [0.25, 0.3) is 11.8 Å². The van der Waals surface area contributed by atoms with E-state index in [1.54, 1.807) is 31.4 Å². The van der Waals surface area contributed by atoms with Crippen LogP contribution in [0.4, 0.5) is 5.69 Å². The number of nitrogens with zero attached hydrogens (tertiary/aromatic N) is 2. The fraction of sp³-hybridized carbons (Fsp3) is 0.0345. The molecule has 0 aliphatic carbocycles. The smallest absolute Gasteiger partial charge is 0.268 e. The third-order valence-electron chi connectivity index (χ3n) is 6.40. The molecule has 0 N–H and O–H groups in total. The second-order valence-corrected chi connectivity index (χ2v) is 8.18. The monoisotopic (exact) mass is 444 g/mol. The molecule has 2 amide bonds. The van der Waals surface area contributed by atoms with Crippen LogP contribution in [0.25, 0.3) is 33.6 Å². The summed E-state index contributed by atoms with van der Waals surface area (Å²) in [6, 6.07) is 26.6. The Morgan fingerprint density at radius 3 is 2.32 bits per heavy atom. The summed E-state index contributed by atoms with van der Waals surface area (Å²) in [5.41, 5.74) is 4.82. The third-order valence-corrected chi connectivity index (χ3v) is 6.40. The van der Waals surface area contributed by atoms with Gasteiger partial charge in [-0.05, 0) is 54.1 Å². The van der Waals surface area contributed by atoms with E-state index in [0.29, 0.717) is 22.5 Å². The number of fused-ring (bicyclic) bond motifs is 4. The zero-order valence-electron chi connectivity index (χ0n) is 18.5. The molecule has 0 bridgehead atoms. The SMILES string of the molecule is C=Cc1ccc(N2C(=O)c3cccc(-n4c5ccccc5c5cc(OC)ccc54)c3C2=O)cc1. The molecule has 0 atom stereocenters. The van der Waals surface area contributed by atoms with E-state index >= 15 is 0 Å². The molecule has 1 aromatic heterocycles. The van der Waals surface area contributed by atoms with Crippen LogP contribution in [0.15, 0.2) is 91.5 Å². The Hall–Kier alpha value is -4.64. The number of hydrogen-bond acceptors (Lipinski definition) is 3. The van der Waals surface area contributed by atoms with Crippen LogP contribution in [0.5, 0.6) is 5.75 Å². The van der Waals surface area contributed by atoms with Crippen molar-refractivity contribution in [2.45, 2.75) is 0 Å². The molecule has 5 nitrogen and oxygen atoms in total. The first-order valence-corrected chi connectivity index (χ1v) is 10.9. The van der Waals surface area contributed by atoms with Crippen molar-refractivity contribution in [3.63, 3.8) is 0 Å². The summed E-state index contributed by atoms with van der Waals surface area (Å²) in [5, 5.41) is 2.06. The number of amides is 2. The number of anilines is 1. The number of rotatable bonds is 4. The lowest BCUT2D eigenvalue weighted by atomic mass is 10.1. The predicted molar refractivity (Wildman–Crippen MR) is 135 cm³/mol. The van der Waals surface area contributed by atoms with E-state index < -0.39 is 0 Å². The Morgan fingerprint density at radius 1 is 0.794 bits per heavy atom. The lowest BCUT2D eigenvalue weighted by molar-refractivity contribution is 0.0926. The summed E-state index contributed by atoms with van der Waals surface area (Å²) in [5.74, 6) is 0.103. The molecule has 5 heteroatoms. The summed E-state index contributed by atoms with van der Waals surface area (Å²) in [6.45, 7) is 3.76. The molecule has 34 heavy (non-hydrogen) atoms. The van der Waals surface area contributed by atoms with E-state index in [0.717, 1.165) is 33.1 Å². The number of imide groups is 1. The summed E-state index contributed by atoms with van der Waals surface area (Å²) in [7, 11) is 1.64. The molecule has 0 radical (unpaired) electrons. The lowest BCUT2D eigenvalue weighted by Crippen LogP contribution is -2.29. The highest BCUT2D eigenvalue weighted by Crippen LogP contribution is 2.38. The Bertz CT molecular complexity index is 1640. The van der Waals surface area contributed by atoms with Gasteiger partial charge in [-0.25, -0.2) is 4.90 Å². The summed E-state index contributed by atoms with van der Waals surface area (Å²) < 4.78 is 7.50. The molecule has 0 saturated carbocycles. The fourth-order valence-corrected chi connectivity index (χ4v) is 4.79. The van der Waals surface area contributed by atoms with Gasteiger partial charge in [0.2, 0.25) is 0 Å². The Morgan fingerprint density at radius 2 is 1.56 bits per heavy atom. The van der Waals surface area contributed by atoms with Gasteiger partial charge in [-0.15, -0.1) is 0 Å². The first-order chi connectivity index (χ1) is 16.6. The maximum Gasteiger partial charge on any atom is 0.268 e. The second kappa shape index (κ2) is 7.46. The van der Waals surface area contributed by atoms with E-state index in [1.807, 2.05) is 60.7 Å².